The summed E-state index contributed by atoms with van der Waals surface area (Å²) in [5, 5.41) is 0. The van der Waals surface area contributed by atoms with Gasteiger partial charge in [0.25, 0.3) is 0 Å². The van der Waals surface area contributed by atoms with E-state index in [-0.39, 0.29) is 13.2 Å². The highest BCUT2D eigenvalue weighted by molar-refractivity contribution is 7.50. The average Bonchev–Trinajstić information content (AvgIpc) is 2.28. The maximum atomic E-state index is 11.0. The smallest absolute Gasteiger partial charge is 0.132 e. The molecule has 1 aromatic rings. The Morgan fingerprint density at radius 3 is 2.50 bits per heavy atom. The van der Waals surface area contributed by atoms with Crippen molar-refractivity contribution < 1.29 is 23.5 Å². The molecule has 0 heterocycles. The number of hydrogen-bond donors (Lipinski definition) is 0. The van der Waals surface area contributed by atoms with Gasteiger partial charge >= 0.3 is 0 Å². The van der Waals surface area contributed by atoms with E-state index >= 15 is 0 Å². The van der Waals surface area contributed by atoms with E-state index in [1.165, 1.54) is 7.11 Å². The first kappa shape index (κ1) is 15.3. The van der Waals surface area contributed by atoms with Gasteiger partial charge in [-0.25, -0.2) is 0 Å². The molecule has 0 fully saturated rings. The van der Waals surface area contributed by atoms with Gasteiger partial charge in [0.15, 0.2) is 0 Å². The minimum atomic E-state index is -3.77. The van der Waals surface area contributed by atoms with E-state index in [9.17, 15) is 9.46 Å². The van der Waals surface area contributed by atoms with Crippen LogP contribution in [0.25, 0.3) is 0 Å². The second kappa shape index (κ2) is 7.67. The van der Waals surface area contributed by atoms with Crippen LogP contribution in [-0.2, 0) is 25.2 Å². The van der Waals surface area contributed by atoms with Crippen molar-refractivity contribution in [1.29, 1.82) is 0 Å². The van der Waals surface area contributed by atoms with Crippen molar-refractivity contribution in [2.24, 2.45) is 0 Å². The van der Waals surface area contributed by atoms with Gasteiger partial charge in [0.2, 0.25) is 0 Å². The van der Waals surface area contributed by atoms with Gasteiger partial charge in [-0.05, 0) is 5.56 Å². The van der Waals surface area contributed by atoms with E-state index in [2.05, 4.69) is 0 Å². The molecule has 0 N–H and O–H groups in total. The summed E-state index contributed by atoms with van der Waals surface area (Å²) in [6.07, 6.45) is -0.605. The Kier molecular flexibility index (Phi) is 6.54. The molecular weight excluding hydrogens is 255 g/mol. The quantitative estimate of drug-likeness (QED) is 0.670. The van der Waals surface area contributed by atoms with Crippen LogP contribution in [0.4, 0.5) is 0 Å². The number of rotatable bonds is 8. The molecule has 6 heteroatoms. The highest BCUT2D eigenvalue weighted by Crippen LogP contribution is 2.33. The molecule has 0 amide bonds. The third-order valence-corrected chi connectivity index (χ3v) is 2.79. The Morgan fingerprint density at radius 1 is 1.28 bits per heavy atom. The summed E-state index contributed by atoms with van der Waals surface area (Å²) in [5.74, 6) is 0. The van der Waals surface area contributed by atoms with Crippen molar-refractivity contribution in [2.75, 3.05) is 27.0 Å². The second-order valence-corrected chi connectivity index (χ2v) is 5.71. The summed E-state index contributed by atoms with van der Waals surface area (Å²) in [6.45, 7) is 1.79. The standard InChI is InChI=1S/C12H19O5P/c1-15-9-12(17-18(2,13)14)10-16-8-11-6-4-3-5-7-11/h3-7,12H,8-10H2,1-2H3,(H,13,14)/p-1/t12-/m1/s1. The average molecular weight is 273 g/mol. The van der Waals surface area contributed by atoms with Crippen molar-refractivity contribution in [3.63, 3.8) is 0 Å². The highest BCUT2D eigenvalue weighted by atomic mass is 31.2. The van der Waals surface area contributed by atoms with Crippen LogP contribution in [0.1, 0.15) is 5.56 Å². The fourth-order valence-corrected chi connectivity index (χ4v) is 2.11. The van der Waals surface area contributed by atoms with Crippen molar-refractivity contribution in [2.45, 2.75) is 12.7 Å². The SMILES string of the molecule is COC[C@H](COCc1ccccc1)OP(C)(=O)[O-]. The van der Waals surface area contributed by atoms with E-state index in [0.29, 0.717) is 6.61 Å². The lowest BCUT2D eigenvalue weighted by atomic mass is 10.2. The number of ether oxygens (including phenoxy) is 2. The zero-order valence-electron chi connectivity index (χ0n) is 10.6. The molecule has 2 atom stereocenters. The first-order valence-electron chi connectivity index (χ1n) is 5.59. The monoisotopic (exact) mass is 273 g/mol. The van der Waals surface area contributed by atoms with Gasteiger partial charge in [-0.3, -0.25) is 0 Å². The van der Waals surface area contributed by atoms with Crippen LogP contribution >= 0.6 is 7.60 Å². The van der Waals surface area contributed by atoms with Gasteiger partial charge in [-0.2, -0.15) is 0 Å². The summed E-state index contributed by atoms with van der Waals surface area (Å²) in [5.41, 5.74) is 1.02. The second-order valence-electron chi connectivity index (χ2n) is 3.95. The summed E-state index contributed by atoms with van der Waals surface area (Å²) in [6, 6.07) is 9.62. The zero-order chi connectivity index (χ0) is 13.4. The molecule has 102 valence electrons. The maximum absolute atomic E-state index is 11.0. The van der Waals surface area contributed by atoms with Crippen molar-refractivity contribution in [3.05, 3.63) is 35.9 Å². The van der Waals surface area contributed by atoms with Crippen LogP contribution in [0.5, 0.6) is 0 Å². The lowest BCUT2D eigenvalue weighted by Crippen LogP contribution is -2.26. The summed E-state index contributed by atoms with van der Waals surface area (Å²) in [7, 11) is -2.29. The Hall–Kier alpha value is -0.710. The zero-order valence-corrected chi connectivity index (χ0v) is 11.5. The molecule has 18 heavy (non-hydrogen) atoms. The van der Waals surface area contributed by atoms with Gasteiger partial charge < -0.3 is 23.5 Å². The molecule has 1 rings (SSSR count). The Labute approximate surface area is 107 Å². The van der Waals surface area contributed by atoms with E-state index in [4.69, 9.17) is 14.0 Å². The summed E-state index contributed by atoms with van der Waals surface area (Å²) < 4.78 is 26.2. The predicted molar refractivity (Wildman–Crippen MR) is 66.4 cm³/mol. The molecule has 1 aromatic carbocycles. The molecule has 0 aliphatic heterocycles. The Balaban J connectivity index is 2.36. The minimum Gasteiger partial charge on any atom is -0.779 e. The van der Waals surface area contributed by atoms with Gasteiger partial charge in [0.05, 0.1) is 19.8 Å². The fourth-order valence-electron chi connectivity index (χ4n) is 1.45. The minimum absolute atomic E-state index is 0.169. The first-order chi connectivity index (χ1) is 8.51. The molecule has 0 aliphatic rings. The number of benzene rings is 1. The molecule has 0 bridgehead atoms. The normalized spacial score (nSPS) is 16.2. The number of hydrogen-bond acceptors (Lipinski definition) is 5. The fraction of sp³-hybridized carbons (Fsp3) is 0.500. The lowest BCUT2D eigenvalue weighted by Gasteiger charge is -2.25. The summed E-state index contributed by atoms with van der Waals surface area (Å²) in [4.78, 5) is 11.0. The van der Waals surface area contributed by atoms with Gasteiger partial charge in [0.1, 0.15) is 13.7 Å². The topological polar surface area (TPSA) is 67.8 Å². The molecule has 0 aromatic heterocycles. The van der Waals surface area contributed by atoms with Crippen LogP contribution in [0.2, 0.25) is 0 Å². The molecular formula is C12H18O5P-. The molecule has 0 saturated carbocycles. The van der Waals surface area contributed by atoms with Crippen LogP contribution in [0.3, 0.4) is 0 Å². The van der Waals surface area contributed by atoms with E-state index in [0.717, 1.165) is 12.2 Å². The van der Waals surface area contributed by atoms with Gasteiger partial charge in [-0.15, -0.1) is 0 Å². The lowest BCUT2D eigenvalue weighted by molar-refractivity contribution is -0.204. The summed E-state index contributed by atoms with van der Waals surface area (Å²) >= 11 is 0. The molecule has 0 aliphatic carbocycles. The van der Waals surface area contributed by atoms with Gasteiger partial charge in [-0.1, -0.05) is 30.3 Å². The first-order valence-corrected chi connectivity index (χ1v) is 7.58. The molecule has 5 nitrogen and oxygen atoms in total. The highest BCUT2D eigenvalue weighted by Gasteiger charge is 2.13. The van der Waals surface area contributed by atoms with E-state index in [1.807, 2.05) is 30.3 Å². The van der Waals surface area contributed by atoms with Crippen LogP contribution < -0.4 is 4.89 Å². The molecule has 0 saturated heterocycles. The largest absolute Gasteiger partial charge is 0.779 e. The third kappa shape index (κ3) is 6.89. The third-order valence-electron chi connectivity index (χ3n) is 2.11. The Bertz CT molecular complexity index is 375. The molecule has 1 unspecified atom stereocenters. The van der Waals surface area contributed by atoms with Crippen LogP contribution in [0, 0.1) is 0 Å². The Morgan fingerprint density at radius 2 is 1.94 bits per heavy atom. The van der Waals surface area contributed by atoms with E-state index < -0.39 is 13.7 Å². The van der Waals surface area contributed by atoms with Crippen LogP contribution in [-0.4, -0.2) is 33.1 Å². The van der Waals surface area contributed by atoms with Crippen LogP contribution in [0.15, 0.2) is 30.3 Å². The van der Waals surface area contributed by atoms with E-state index in [1.54, 1.807) is 0 Å². The van der Waals surface area contributed by atoms with Crippen molar-refractivity contribution >= 4 is 7.60 Å². The molecule has 0 radical (unpaired) electrons. The van der Waals surface area contributed by atoms with Crippen molar-refractivity contribution in [1.82, 2.24) is 0 Å². The maximum Gasteiger partial charge on any atom is 0.132 e. The van der Waals surface area contributed by atoms with Crippen molar-refractivity contribution in [3.8, 4) is 0 Å². The molecule has 0 spiro atoms. The van der Waals surface area contributed by atoms with Gasteiger partial charge in [0, 0.05) is 13.8 Å². The number of methoxy groups -OCH3 is 1. The predicted octanol–water partition coefficient (Wildman–Crippen LogP) is 1.42.